The van der Waals surface area contributed by atoms with Gasteiger partial charge in [0.2, 0.25) is 0 Å². The van der Waals surface area contributed by atoms with Gasteiger partial charge in [-0.1, -0.05) is 12.1 Å². The molecule has 0 saturated carbocycles. The molecule has 2 aromatic carbocycles. The first-order valence-electron chi connectivity index (χ1n) is 7.25. The topological polar surface area (TPSA) is 68.5 Å². The van der Waals surface area contributed by atoms with Gasteiger partial charge in [-0.05, 0) is 52.7 Å². The summed E-state index contributed by atoms with van der Waals surface area (Å²) < 4.78 is 16.7. The quantitative estimate of drug-likeness (QED) is 0.696. The predicted octanol–water partition coefficient (Wildman–Crippen LogP) is 4.09. The Morgan fingerprint density at radius 3 is 2.75 bits per heavy atom. The molecule has 6 heteroatoms. The summed E-state index contributed by atoms with van der Waals surface area (Å²) in [5.41, 5.74) is 1.62. The third-order valence-electron chi connectivity index (χ3n) is 3.18. The molecule has 0 N–H and O–H groups in total. The molecule has 124 valence electrons. The van der Waals surface area contributed by atoms with E-state index in [1.54, 1.807) is 36.4 Å². The maximum absolute atomic E-state index is 12.3. The molecule has 0 spiro atoms. The smallest absolute Gasteiger partial charge is 0.338 e. The molecule has 0 amide bonds. The monoisotopic (exact) mass is 389 g/mol. The minimum atomic E-state index is -0.485. The second-order valence-electron chi connectivity index (χ2n) is 4.81. The fourth-order valence-electron chi connectivity index (χ4n) is 2.11. The van der Waals surface area contributed by atoms with Crippen LogP contribution in [0.25, 0.3) is 0 Å². The number of esters is 1. The van der Waals surface area contributed by atoms with Crippen molar-refractivity contribution in [1.82, 2.24) is 0 Å². The van der Waals surface area contributed by atoms with Crippen LogP contribution >= 0.6 is 15.9 Å². The van der Waals surface area contributed by atoms with Crippen molar-refractivity contribution in [2.45, 2.75) is 13.5 Å². The highest BCUT2D eigenvalue weighted by Gasteiger charge is 2.16. The lowest BCUT2D eigenvalue weighted by atomic mass is 10.1. The minimum absolute atomic E-state index is 0.0853. The Kier molecular flexibility index (Phi) is 6.21. The molecule has 0 atom stereocenters. The van der Waals surface area contributed by atoms with Gasteiger partial charge in [0.25, 0.3) is 0 Å². The average molecular weight is 390 g/mol. The number of nitrogens with zero attached hydrogens (tertiary/aromatic N) is 1. The summed E-state index contributed by atoms with van der Waals surface area (Å²) >= 11 is 3.36. The van der Waals surface area contributed by atoms with Gasteiger partial charge in [-0.15, -0.1) is 0 Å². The summed E-state index contributed by atoms with van der Waals surface area (Å²) in [6, 6.07) is 12.2. The van der Waals surface area contributed by atoms with E-state index >= 15 is 0 Å². The number of halogens is 1. The van der Waals surface area contributed by atoms with Crippen molar-refractivity contribution in [3.05, 3.63) is 57.6 Å². The van der Waals surface area contributed by atoms with Gasteiger partial charge in [0, 0.05) is 0 Å². The lowest BCUT2D eigenvalue weighted by Crippen LogP contribution is -2.07. The Balaban J connectivity index is 2.16. The number of nitriles is 1. The van der Waals surface area contributed by atoms with Crippen LogP contribution in [-0.2, 0) is 11.3 Å². The van der Waals surface area contributed by atoms with E-state index < -0.39 is 5.97 Å². The van der Waals surface area contributed by atoms with Crippen molar-refractivity contribution < 1.29 is 19.0 Å². The molecule has 0 radical (unpaired) electrons. The lowest BCUT2D eigenvalue weighted by molar-refractivity contribution is 0.0472. The molecule has 0 aromatic heterocycles. The van der Waals surface area contributed by atoms with E-state index in [4.69, 9.17) is 19.5 Å². The maximum atomic E-state index is 12.3. The van der Waals surface area contributed by atoms with E-state index in [-0.39, 0.29) is 6.61 Å². The molecule has 0 aliphatic carbocycles. The number of carbonyl (C=O) groups is 1. The molecule has 0 bridgehead atoms. The Morgan fingerprint density at radius 1 is 1.29 bits per heavy atom. The van der Waals surface area contributed by atoms with E-state index in [9.17, 15) is 4.79 Å². The van der Waals surface area contributed by atoms with Gasteiger partial charge in [0.15, 0.2) is 11.5 Å². The lowest BCUT2D eigenvalue weighted by Gasteiger charge is -2.13. The summed E-state index contributed by atoms with van der Waals surface area (Å²) in [5, 5.41) is 8.89. The van der Waals surface area contributed by atoms with Crippen LogP contribution in [-0.4, -0.2) is 19.7 Å². The fourth-order valence-corrected chi connectivity index (χ4v) is 2.71. The molecule has 2 aromatic rings. The third-order valence-corrected chi connectivity index (χ3v) is 3.76. The van der Waals surface area contributed by atoms with Crippen molar-refractivity contribution in [3.63, 3.8) is 0 Å². The normalized spacial score (nSPS) is 9.92. The Hall–Kier alpha value is -2.52. The molecule has 0 fully saturated rings. The molecule has 0 aliphatic rings. The van der Waals surface area contributed by atoms with Gasteiger partial charge >= 0.3 is 5.97 Å². The van der Waals surface area contributed by atoms with E-state index in [1.165, 1.54) is 7.11 Å². The van der Waals surface area contributed by atoms with E-state index in [0.29, 0.717) is 33.7 Å². The number of methoxy groups -OCH3 is 1. The molecule has 5 nitrogen and oxygen atoms in total. The Morgan fingerprint density at radius 2 is 2.08 bits per heavy atom. The largest absolute Gasteiger partial charge is 0.492 e. The van der Waals surface area contributed by atoms with Gasteiger partial charge in [-0.2, -0.15) is 5.26 Å². The summed E-state index contributed by atoms with van der Waals surface area (Å²) in [6.07, 6.45) is 0. The van der Waals surface area contributed by atoms with E-state index in [0.717, 1.165) is 5.56 Å². The second-order valence-corrected chi connectivity index (χ2v) is 5.67. The maximum Gasteiger partial charge on any atom is 0.338 e. The summed E-state index contributed by atoms with van der Waals surface area (Å²) in [7, 11) is 1.53. The van der Waals surface area contributed by atoms with Crippen LogP contribution in [0.4, 0.5) is 0 Å². The molecular weight excluding hydrogens is 374 g/mol. The first kappa shape index (κ1) is 17.8. The first-order chi connectivity index (χ1) is 11.6. The number of rotatable bonds is 6. The van der Waals surface area contributed by atoms with Crippen LogP contribution in [0.2, 0.25) is 0 Å². The summed E-state index contributed by atoms with van der Waals surface area (Å²) in [5.74, 6) is 0.504. The zero-order chi connectivity index (χ0) is 17.5. The van der Waals surface area contributed by atoms with Crippen molar-refractivity contribution in [1.29, 1.82) is 5.26 Å². The molecule has 24 heavy (non-hydrogen) atoms. The molecule has 2 rings (SSSR count). The van der Waals surface area contributed by atoms with E-state index in [2.05, 4.69) is 22.0 Å². The van der Waals surface area contributed by atoms with Gasteiger partial charge in [-0.25, -0.2) is 4.79 Å². The summed E-state index contributed by atoms with van der Waals surface area (Å²) in [4.78, 5) is 12.3. The van der Waals surface area contributed by atoms with Crippen molar-refractivity contribution >= 4 is 21.9 Å². The van der Waals surface area contributed by atoms with Gasteiger partial charge < -0.3 is 14.2 Å². The SMILES string of the molecule is CCOc1cc(C(=O)OCc2cccc(C#N)c2)cc(Br)c1OC. The van der Waals surface area contributed by atoms with Crippen LogP contribution in [0.5, 0.6) is 11.5 Å². The highest BCUT2D eigenvalue weighted by molar-refractivity contribution is 9.10. The highest BCUT2D eigenvalue weighted by atomic mass is 79.9. The second kappa shape index (κ2) is 8.37. The Labute approximate surface area is 148 Å². The van der Waals surface area contributed by atoms with Crippen molar-refractivity contribution in [2.24, 2.45) is 0 Å². The van der Waals surface area contributed by atoms with Crippen LogP contribution in [0, 0.1) is 11.3 Å². The molecular formula is C18H16BrNO4. The van der Waals surface area contributed by atoms with Gasteiger partial charge in [0.1, 0.15) is 6.61 Å². The van der Waals surface area contributed by atoms with Crippen LogP contribution in [0.15, 0.2) is 40.9 Å². The van der Waals surface area contributed by atoms with E-state index in [1.807, 2.05) is 6.92 Å². The average Bonchev–Trinajstić information content (AvgIpc) is 2.60. The number of hydrogen-bond acceptors (Lipinski definition) is 5. The number of ether oxygens (including phenoxy) is 3. The molecule has 0 heterocycles. The zero-order valence-corrected chi connectivity index (χ0v) is 14.9. The standard InChI is InChI=1S/C18H16BrNO4/c1-3-23-16-9-14(8-15(19)17(16)22-2)18(21)24-11-13-6-4-5-12(7-13)10-20/h4-9H,3,11H2,1-2H3. The van der Waals surface area contributed by atoms with Crippen LogP contribution in [0.3, 0.4) is 0 Å². The molecule has 0 saturated heterocycles. The molecule has 0 aliphatic heterocycles. The van der Waals surface area contributed by atoms with Crippen LogP contribution in [0.1, 0.15) is 28.4 Å². The van der Waals surface area contributed by atoms with Crippen molar-refractivity contribution in [3.8, 4) is 17.6 Å². The first-order valence-corrected chi connectivity index (χ1v) is 8.04. The highest BCUT2D eigenvalue weighted by Crippen LogP contribution is 2.36. The molecule has 0 unspecified atom stereocenters. The third kappa shape index (κ3) is 4.27. The fraction of sp³-hybridized carbons (Fsp3) is 0.222. The number of hydrogen-bond donors (Lipinski definition) is 0. The summed E-state index contributed by atoms with van der Waals surface area (Å²) in [6.45, 7) is 2.38. The Bertz CT molecular complexity index is 783. The zero-order valence-electron chi connectivity index (χ0n) is 13.3. The van der Waals surface area contributed by atoms with Crippen molar-refractivity contribution in [2.75, 3.05) is 13.7 Å². The van der Waals surface area contributed by atoms with Crippen LogP contribution < -0.4 is 9.47 Å². The van der Waals surface area contributed by atoms with Gasteiger partial charge in [0.05, 0.1) is 35.4 Å². The number of benzene rings is 2. The predicted molar refractivity (Wildman–Crippen MR) is 92.1 cm³/mol. The van der Waals surface area contributed by atoms with Gasteiger partial charge in [-0.3, -0.25) is 0 Å². The number of carbonyl (C=O) groups excluding carboxylic acids is 1. The minimum Gasteiger partial charge on any atom is -0.492 e.